The molecule has 2 aromatic carbocycles. The van der Waals surface area contributed by atoms with Crippen LogP contribution in [0.5, 0.6) is 0 Å². The van der Waals surface area contributed by atoms with Crippen LogP contribution in [0.25, 0.3) is 11.1 Å². The Kier molecular flexibility index (Phi) is 6.31. The van der Waals surface area contributed by atoms with Crippen molar-refractivity contribution in [3.05, 3.63) is 60.2 Å². The van der Waals surface area contributed by atoms with Gasteiger partial charge >= 0.3 is 5.97 Å². The van der Waals surface area contributed by atoms with Crippen molar-refractivity contribution in [2.24, 2.45) is 11.8 Å². The summed E-state index contributed by atoms with van der Waals surface area (Å²) >= 11 is 0. The van der Waals surface area contributed by atoms with E-state index in [-0.39, 0.29) is 30.1 Å². The lowest BCUT2D eigenvalue weighted by Gasteiger charge is -2.24. The van der Waals surface area contributed by atoms with E-state index >= 15 is 0 Å². The summed E-state index contributed by atoms with van der Waals surface area (Å²) in [6.45, 7) is 4.95. The molecule has 2 saturated heterocycles. The van der Waals surface area contributed by atoms with Crippen molar-refractivity contribution in [3.63, 3.8) is 0 Å². The monoisotopic (exact) mass is 434 g/mol. The number of rotatable bonds is 5. The summed E-state index contributed by atoms with van der Waals surface area (Å²) in [7, 11) is 0. The van der Waals surface area contributed by atoms with Gasteiger partial charge in [-0.1, -0.05) is 54.6 Å². The second kappa shape index (κ2) is 9.15. The molecule has 1 N–H and O–H groups in total. The average molecular weight is 435 g/mol. The molecule has 6 heteroatoms. The molecule has 0 radical (unpaired) electrons. The van der Waals surface area contributed by atoms with E-state index in [4.69, 9.17) is 4.74 Å². The summed E-state index contributed by atoms with van der Waals surface area (Å²) in [5.74, 6) is -1.20. The van der Waals surface area contributed by atoms with Gasteiger partial charge in [-0.3, -0.25) is 14.4 Å². The van der Waals surface area contributed by atoms with Gasteiger partial charge in [-0.2, -0.15) is 0 Å². The molecule has 2 aliphatic heterocycles. The molecular weight excluding hydrogens is 404 g/mol. The molecule has 4 rings (SSSR count). The summed E-state index contributed by atoms with van der Waals surface area (Å²) in [5, 5.41) is 2.95. The highest BCUT2D eigenvalue weighted by molar-refractivity contribution is 5.86. The summed E-state index contributed by atoms with van der Waals surface area (Å²) in [6.07, 6.45) is 1.21. The van der Waals surface area contributed by atoms with Crippen LogP contribution in [-0.4, -0.2) is 47.9 Å². The zero-order chi connectivity index (χ0) is 22.7. The minimum Gasteiger partial charge on any atom is -0.459 e. The lowest BCUT2D eigenvalue weighted by atomic mass is 9.91. The predicted molar refractivity (Wildman–Crippen MR) is 122 cm³/mol. The molecule has 2 amide bonds. The first-order chi connectivity index (χ1) is 15.3. The Morgan fingerprint density at radius 3 is 2.50 bits per heavy atom. The van der Waals surface area contributed by atoms with Crippen molar-refractivity contribution in [2.75, 3.05) is 19.6 Å². The molecule has 32 heavy (non-hydrogen) atoms. The van der Waals surface area contributed by atoms with Crippen molar-refractivity contribution in [1.29, 1.82) is 0 Å². The lowest BCUT2D eigenvalue weighted by Crippen LogP contribution is -2.38. The Morgan fingerprint density at radius 1 is 1.06 bits per heavy atom. The van der Waals surface area contributed by atoms with Crippen molar-refractivity contribution in [2.45, 2.75) is 38.7 Å². The molecule has 2 fully saturated rings. The molecule has 2 aromatic rings. The van der Waals surface area contributed by atoms with Crippen molar-refractivity contribution < 1.29 is 19.1 Å². The van der Waals surface area contributed by atoms with Crippen LogP contribution >= 0.6 is 0 Å². The summed E-state index contributed by atoms with van der Waals surface area (Å²) in [4.78, 5) is 39.7. The van der Waals surface area contributed by atoms with Gasteiger partial charge < -0.3 is 15.0 Å². The number of carbonyl (C=O) groups is 3. The molecule has 6 nitrogen and oxygen atoms in total. The quantitative estimate of drug-likeness (QED) is 0.734. The van der Waals surface area contributed by atoms with Gasteiger partial charge in [-0.25, -0.2) is 0 Å². The van der Waals surface area contributed by atoms with E-state index in [1.807, 2.05) is 50.2 Å². The van der Waals surface area contributed by atoms with Crippen LogP contribution in [0.4, 0.5) is 0 Å². The van der Waals surface area contributed by atoms with E-state index in [0.29, 0.717) is 32.5 Å². The molecule has 0 bridgehead atoms. The maximum atomic E-state index is 13.0. The van der Waals surface area contributed by atoms with Crippen molar-refractivity contribution in [3.8, 4) is 11.1 Å². The Labute approximate surface area is 188 Å². The van der Waals surface area contributed by atoms with Crippen LogP contribution in [0.15, 0.2) is 54.6 Å². The normalized spacial score (nSPS) is 22.8. The molecule has 168 valence electrons. The fourth-order valence-electron chi connectivity index (χ4n) is 4.71. The van der Waals surface area contributed by atoms with Gasteiger partial charge in [0.25, 0.3) is 0 Å². The number of benzene rings is 2. The second-order valence-corrected chi connectivity index (χ2v) is 9.34. The van der Waals surface area contributed by atoms with Crippen LogP contribution < -0.4 is 5.32 Å². The minimum atomic E-state index is -0.526. The van der Waals surface area contributed by atoms with Gasteiger partial charge in [0.2, 0.25) is 11.8 Å². The molecule has 0 unspecified atom stereocenters. The average Bonchev–Trinajstić information content (AvgIpc) is 2.91. The Bertz CT molecular complexity index is 1000. The molecule has 0 saturated carbocycles. The third kappa shape index (κ3) is 5.01. The van der Waals surface area contributed by atoms with E-state index in [1.54, 1.807) is 4.90 Å². The largest absolute Gasteiger partial charge is 0.459 e. The highest BCUT2D eigenvalue weighted by Gasteiger charge is 2.41. The first-order valence-electron chi connectivity index (χ1n) is 11.2. The smallest absolute Gasteiger partial charge is 0.310 e. The van der Waals surface area contributed by atoms with Gasteiger partial charge in [-0.05, 0) is 37.0 Å². The number of ether oxygens (including phenoxy) is 1. The molecular formula is C26H30N2O4. The zero-order valence-corrected chi connectivity index (χ0v) is 18.7. The van der Waals surface area contributed by atoms with E-state index in [0.717, 1.165) is 16.7 Å². The highest BCUT2D eigenvalue weighted by Crippen LogP contribution is 2.33. The van der Waals surface area contributed by atoms with Gasteiger partial charge in [-0.15, -0.1) is 0 Å². The van der Waals surface area contributed by atoms with Crippen LogP contribution in [0.3, 0.4) is 0 Å². The van der Waals surface area contributed by atoms with E-state index in [9.17, 15) is 14.4 Å². The van der Waals surface area contributed by atoms with Crippen LogP contribution in [0.1, 0.15) is 32.3 Å². The fourth-order valence-corrected chi connectivity index (χ4v) is 4.71. The topological polar surface area (TPSA) is 75.7 Å². The number of hydrogen-bond donors (Lipinski definition) is 1. The fraction of sp³-hybridized carbons (Fsp3) is 0.423. The molecule has 2 heterocycles. The number of hydrogen-bond acceptors (Lipinski definition) is 4. The van der Waals surface area contributed by atoms with Crippen molar-refractivity contribution in [1.82, 2.24) is 10.2 Å². The van der Waals surface area contributed by atoms with Crippen LogP contribution in [0, 0.1) is 11.8 Å². The van der Waals surface area contributed by atoms with Gasteiger partial charge in [0, 0.05) is 32.5 Å². The zero-order valence-electron chi connectivity index (χ0n) is 18.7. The maximum absolute atomic E-state index is 13.0. The number of cyclic esters (lactones) is 1. The Morgan fingerprint density at radius 2 is 1.78 bits per heavy atom. The standard InChI is InChI=1S/C26H30N2O4/c1-26(2)16-20(25(31)32-26)15-23(29)28-13-12-27-24(30)21(17-28)14-19-10-6-7-11-22(19)18-8-4-3-5-9-18/h3-11,20-21H,12-17H2,1-2H3,(H,27,30)/t20-,21+/m0/s1. The number of esters is 1. The molecule has 2 atom stereocenters. The van der Waals surface area contributed by atoms with Gasteiger partial charge in [0.1, 0.15) is 5.60 Å². The maximum Gasteiger partial charge on any atom is 0.310 e. The van der Waals surface area contributed by atoms with Gasteiger partial charge in [0.15, 0.2) is 0 Å². The van der Waals surface area contributed by atoms with Crippen LogP contribution in [-0.2, 0) is 25.5 Å². The number of nitrogens with one attached hydrogen (secondary N) is 1. The first kappa shape index (κ1) is 22.1. The number of amides is 2. The highest BCUT2D eigenvalue weighted by atomic mass is 16.6. The summed E-state index contributed by atoms with van der Waals surface area (Å²) in [6, 6.07) is 18.2. The molecule has 2 aliphatic rings. The molecule has 0 spiro atoms. The molecule has 0 aromatic heterocycles. The van der Waals surface area contributed by atoms with E-state index in [2.05, 4.69) is 23.5 Å². The van der Waals surface area contributed by atoms with Crippen molar-refractivity contribution >= 4 is 17.8 Å². The SMILES string of the molecule is CC1(C)C[C@H](CC(=O)N2CCNC(=O)[C@H](Cc3ccccc3-c3ccccc3)C2)C(=O)O1. The summed E-state index contributed by atoms with van der Waals surface area (Å²) in [5.41, 5.74) is 2.75. The third-order valence-electron chi connectivity index (χ3n) is 6.28. The lowest BCUT2D eigenvalue weighted by molar-refractivity contribution is -0.150. The van der Waals surface area contributed by atoms with Crippen LogP contribution in [0.2, 0.25) is 0 Å². The van der Waals surface area contributed by atoms with Gasteiger partial charge in [0.05, 0.1) is 11.8 Å². The minimum absolute atomic E-state index is 0.0374. The number of carbonyl (C=O) groups excluding carboxylic acids is 3. The summed E-state index contributed by atoms with van der Waals surface area (Å²) < 4.78 is 5.37. The third-order valence-corrected chi connectivity index (χ3v) is 6.28. The Hall–Kier alpha value is -3.15. The van der Waals surface area contributed by atoms with E-state index in [1.165, 1.54) is 0 Å². The molecule has 0 aliphatic carbocycles. The predicted octanol–water partition coefficient (Wildman–Crippen LogP) is 3.20. The Balaban J connectivity index is 1.48. The van der Waals surface area contributed by atoms with E-state index < -0.39 is 11.5 Å². The number of nitrogens with zero attached hydrogens (tertiary/aromatic N) is 1. The first-order valence-corrected chi connectivity index (χ1v) is 11.2. The second-order valence-electron chi connectivity index (χ2n) is 9.34.